The molecule has 0 fully saturated rings. The molecular weight excluding hydrogens is 366 g/mol. The van der Waals surface area contributed by atoms with E-state index < -0.39 is 5.97 Å². The minimum absolute atomic E-state index is 0.243. The van der Waals surface area contributed by atoms with E-state index in [4.69, 9.17) is 21.1 Å². The fourth-order valence-electron chi connectivity index (χ4n) is 2.31. The number of benzene rings is 2. The van der Waals surface area contributed by atoms with Gasteiger partial charge in [-0.3, -0.25) is 4.79 Å². The number of hydrogen-bond donors (Lipinski definition) is 1. The van der Waals surface area contributed by atoms with Crippen molar-refractivity contribution in [2.24, 2.45) is 5.92 Å². The molecule has 144 valence electrons. The van der Waals surface area contributed by atoms with Crippen LogP contribution in [-0.2, 0) is 9.53 Å². The predicted molar refractivity (Wildman–Crippen MR) is 105 cm³/mol. The molecule has 0 aromatic heterocycles. The molecule has 1 N–H and O–H groups in total. The lowest BCUT2D eigenvalue weighted by Gasteiger charge is -2.14. The largest absolute Gasteiger partial charge is 0.493 e. The molecular formula is C21H24ClNO4. The molecule has 0 unspecified atom stereocenters. The van der Waals surface area contributed by atoms with E-state index in [1.54, 1.807) is 36.4 Å². The van der Waals surface area contributed by atoms with Gasteiger partial charge in [-0.15, -0.1) is 0 Å². The molecule has 1 atom stereocenters. The zero-order valence-electron chi connectivity index (χ0n) is 15.7. The van der Waals surface area contributed by atoms with Gasteiger partial charge in [-0.2, -0.15) is 0 Å². The maximum absolute atomic E-state index is 12.1. The molecule has 0 heterocycles. The summed E-state index contributed by atoms with van der Waals surface area (Å²) >= 11 is 5.95. The Balaban J connectivity index is 1.81. The summed E-state index contributed by atoms with van der Waals surface area (Å²) in [5.41, 5.74) is 1.24. The van der Waals surface area contributed by atoms with Crippen LogP contribution in [0.3, 0.4) is 0 Å². The molecule has 0 saturated carbocycles. The first-order valence-electron chi connectivity index (χ1n) is 8.80. The van der Waals surface area contributed by atoms with Gasteiger partial charge in [-0.1, -0.05) is 37.6 Å². The summed E-state index contributed by atoms with van der Waals surface area (Å²) in [7, 11) is 0. The third kappa shape index (κ3) is 6.94. The number of hydrogen-bond acceptors (Lipinski definition) is 4. The summed E-state index contributed by atoms with van der Waals surface area (Å²) in [6.07, 6.45) is 0. The molecule has 0 saturated heterocycles. The highest BCUT2D eigenvalue weighted by molar-refractivity contribution is 6.30. The van der Waals surface area contributed by atoms with Crippen molar-refractivity contribution in [1.82, 2.24) is 5.32 Å². The molecule has 5 nitrogen and oxygen atoms in total. The minimum Gasteiger partial charge on any atom is -0.493 e. The second kappa shape index (κ2) is 9.97. The lowest BCUT2D eigenvalue weighted by Crippen LogP contribution is -2.31. The molecule has 0 radical (unpaired) electrons. The number of ether oxygens (including phenoxy) is 2. The second-order valence-electron chi connectivity index (χ2n) is 6.65. The zero-order chi connectivity index (χ0) is 19.8. The van der Waals surface area contributed by atoms with E-state index in [1.807, 2.05) is 19.1 Å². The zero-order valence-corrected chi connectivity index (χ0v) is 16.5. The van der Waals surface area contributed by atoms with Crippen LogP contribution in [0.5, 0.6) is 5.75 Å². The highest BCUT2D eigenvalue weighted by Crippen LogP contribution is 2.17. The van der Waals surface area contributed by atoms with E-state index in [1.165, 1.54) is 0 Å². The first-order valence-corrected chi connectivity index (χ1v) is 9.17. The standard InChI is InChI=1S/C21H24ClNO4/c1-14(2)12-26-19-9-7-16(8-10-19)21(25)27-13-20(24)23-15(3)17-5-4-6-18(22)11-17/h4-11,14-15H,12-13H2,1-3H3,(H,23,24)/t15-/m1/s1. The van der Waals surface area contributed by atoms with E-state index in [0.29, 0.717) is 28.9 Å². The number of amides is 1. The van der Waals surface area contributed by atoms with Crippen LogP contribution >= 0.6 is 11.6 Å². The van der Waals surface area contributed by atoms with E-state index in [2.05, 4.69) is 19.2 Å². The highest BCUT2D eigenvalue weighted by atomic mass is 35.5. The topological polar surface area (TPSA) is 64.6 Å². The van der Waals surface area contributed by atoms with Crippen molar-refractivity contribution in [3.05, 3.63) is 64.7 Å². The fourth-order valence-corrected chi connectivity index (χ4v) is 2.51. The Labute approximate surface area is 164 Å². The summed E-state index contributed by atoms with van der Waals surface area (Å²) in [5.74, 6) is 0.166. The van der Waals surface area contributed by atoms with Gasteiger partial charge in [-0.05, 0) is 54.8 Å². The van der Waals surface area contributed by atoms with Crippen molar-refractivity contribution in [1.29, 1.82) is 0 Å². The number of esters is 1. The van der Waals surface area contributed by atoms with Gasteiger partial charge in [-0.25, -0.2) is 4.79 Å². The Bertz CT molecular complexity index is 774. The molecule has 0 aliphatic carbocycles. The Morgan fingerprint density at radius 2 is 1.78 bits per heavy atom. The predicted octanol–water partition coefficient (Wildman–Crippen LogP) is 4.41. The maximum atomic E-state index is 12.1. The quantitative estimate of drug-likeness (QED) is 0.679. The molecule has 2 aromatic rings. The van der Waals surface area contributed by atoms with Crippen LogP contribution < -0.4 is 10.1 Å². The van der Waals surface area contributed by atoms with E-state index in [0.717, 1.165) is 5.56 Å². The van der Waals surface area contributed by atoms with Gasteiger partial charge in [0.05, 0.1) is 18.2 Å². The van der Waals surface area contributed by atoms with Crippen LogP contribution in [-0.4, -0.2) is 25.1 Å². The third-order valence-corrected chi connectivity index (χ3v) is 3.97. The maximum Gasteiger partial charge on any atom is 0.338 e. The van der Waals surface area contributed by atoms with Crippen LogP contribution in [0, 0.1) is 5.92 Å². The normalized spacial score (nSPS) is 11.7. The van der Waals surface area contributed by atoms with Crippen LogP contribution in [0.1, 0.15) is 42.7 Å². The summed E-state index contributed by atoms with van der Waals surface area (Å²) in [6, 6.07) is 13.6. The molecule has 1 amide bonds. The smallest absolute Gasteiger partial charge is 0.338 e. The molecule has 0 aliphatic rings. The summed E-state index contributed by atoms with van der Waals surface area (Å²) < 4.78 is 10.6. The van der Waals surface area contributed by atoms with Gasteiger partial charge in [0.1, 0.15) is 5.75 Å². The van der Waals surface area contributed by atoms with Crippen LogP contribution in [0.4, 0.5) is 0 Å². The highest BCUT2D eigenvalue weighted by Gasteiger charge is 2.13. The van der Waals surface area contributed by atoms with Crippen molar-refractivity contribution >= 4 is 23.5 Å². The van der Waals surface area contributed by atoms with Crippen molar-refractivity contribution in [2.45, 2.75) is 26.8 Å². The average molecular weight is 390 g/mol. The lowest BCUT2D eigenvalue weighted by atomic mass is 10.1. The molecule has 2 aromatic carbocycles. The lowest BCUT2D eigenvalue weighted by molar-refractivity contribution is -0.124. The Kier molecular flexibility index (Phi) is 7.67. The van der Waals surface area contributed by atoms with Gasteiger partial charge in [0, 0.05) is 5.02 Å². The van der Waals surface area contributed by atoms with Crippen molar-refractivity contribution in [3.63, 3.8) is 0 Å². The van der Waals surface area contributed by atoms with E-state index in [9.17, 15) is 9.59 Å². The molecule has 2 rings (SSSR count). The molecule has 0 bridgehead atoms. The second-order valence-corrected chi connectivity index (χ2v) is 7.09. The first kappa shape index (κ1) is 20.8. The molecule has 27 heavy (non-hydrogen) atoms. The first-order chi connectivity index (χ1) is 12.8. The summed E-state index contributed by atoms with van der Waals surface area (Å²) in [6.45, 7) is 6.21. The van der Waals surface area contributed by atoms with Gasteiger partial charge in [0.15, 0.2) is 6.61 Å². The van der Waals surface area contributed by atoms with Crippen LogP contribution in [0.2, 0.25) is 5.02 Å². The number of carbonyl (C=O) groups excluding carboxylic acids is 2. The fraction of sp³-hybridized carbons (Fsp3) is 0.333. The molecule has 0 aliphatic heterocycles. The van der Waals surface area contributed by atoms with Crippen molar-refractivity contribution < 1.29 is 19.1 Å². The van der Waals surface area contributed by atoms with Crippen LogP contribution in [0.25, 0.3) is 0 Å². The molecule has 0 spiro atoms. The third-order valence-electron chi connectivity index (χ3n) is 3.73. The average Bonchev–Trinajstić information content (AvgIpc) is 2.64. The number of halogens is 1. The van der Waals surface area contributed by atoms with E-state index in [-0.39, 0.29) is 18.6 Å². The van der Waals surface area contributed by atoms with Crippen molar-refractivity contribution in [3.8, 4) is 5.75 Å². The van der Waals surface area contributed by atoms with E-state index >= 15 is 0 Å². The monoisotopic (exact) mass is 389 g/mol. The summed E-state index contributed by atoms with van der Waals surface area (Å²) in [5, 5.41) is 3.37. The van der Waals surface area contributed by atoms with Gasteiger partial charge < -0.3 is 14.8 Å². The van der Waals surface area contributed by atoms with Crippen molar-refractivity contribution in [2.75, 3.05) is 13.2 Å². The number of carbonyl (C=O) groups is 2. The Morgan fingerprint density at radius 1 is 1.07 bits per heavy atom. The van der Waals surface area contributed by atoms with Crippen LogP contribution in [0.15, 0.2) is 48.5 Å². The number of nitrogens with one attached hydrogen (secondary N) is 1. The van der Waals surface area contributed by atoms with Gasteiger partial charge >= 0.3 is 5.97 Å². The SMILES string of the molecule is CC(C)COc1ccc(C(=O)OCC(=O)N[C@H](C)c2cccc(Cl)c2)cc1. The number of rotatable bonds is 8. The Hall–Kier alpha value is -2.53. The molecule has 6 heteroatoms. The van der Waals surface area contributed by atoms with Gasteiger partial charge in [0.2, 0.25) is 0 Å². The summed E-state index contributed by atoms with van der Waals surface area (Å²) in [4.78, 5) is 24.1. The Morgan fingerprint density at radius 3 is 2.41 bits per heavy atom. The van der Waals surface area contributed by atoms with Gasteiger partial charge in [0.25, 0.3) is 5.91 Å². The minimum atomic E-state index is -0.559.